The minimum absolute atomic E-state index is 0.304. The molecule has 3 nitrogen and oxygen atoms in total. The zero-order valence-electron chi connectivity index (χ0n) is 12.5. The molecule has 0 radical (unpaired) electrons. The van der Waals surface area contributed by atoms with E-state index in [-0.39, 0.29) is 5.91 Å². The van der Waals surface area contributed by atoms with Crippen molar-refractivity contribution in [3.8, 4) is 5.75 Å². The van der Waals surface area contributed by atoms with Gasteiger partial charge in [0.1, 0.15) is 0 Å². The van der Waals surface area contributed by atoms with Crippen LogP contribution < -0.4 is 10.1 Å². The smallest absolute Gasteiger partial charge is 0.255 e. The molecule has 0 spiro atoms. The maximum atomic E-state index is 12.3. The number of anilines is 1. The van der Waals surface area contributed by atoms with E-state index in [4.69, 9.17) is 39.5 Å². The lowest BCUT2D eigenvalue weighted by Gasteiger charge is -2.12. The van der Waals surface area contributed by atoms with Crippen molar-refractivity contribution in [2.24, 2.45) is 0 Å². The van der Waals surface area contributed by atoms with E-state index < -0.39 is 0 Å². The van der Waals surface area contributed by atoms with Crippen LogP contribution in [0.1, 0.15) is 30.1 Å². The number of rotatable bonds is 6. The first kappa shape index (κ1) is 17.9. The summed E-state index contributed by atoms with van der Waals surface area (Å²) in [5.74, 6) is 0.0538. The van der Waals surface area contributed by atoms with Gasteiger partial charge in [-0.2, -0.15) is 0 Å². The van der Waals surface area contributed by atoms with Crippen LogP contribution in [0.25, 0.3) is 0 Å². The third kappa shape index (κ3) is 4.77. The molecule has 2 aromatic carbocycles. The fourth-order valence-corrected chi connectivity index (χ4v) is 2.68. The number of nitrogens with one attached hydrogen (secondary N) is 1. The lowest BCUT2D eigenvalue weighted by Crippen LogP contribution is -2.12. The fourth-order valence-electron chi connectivity index (χ4n) is 1.90. The van der Waals surface area contributed by atoms with Gasteiger partial charge in [0.05, 0.1) is 27.4 Å². The van der Waals surface area contributed by atoms with Crippen LogP contribution in [0.4, 0.5) is 5.69 Å². The van der Waals surface area contributed by atoms with Crippen molar-refractivity contribution >= 4 is 46.4 Å². The van der Waals surface area contributed by atoms with Gasteiger partial charge in [-0.05, 0) is 30.7 Å². The first-order valence-electron chi connectivity index (χ1n) is 7.20. The molecular formula is C17H16Cl3NO2. The van der Waals surface area contributed by atoms with E-state index in [1.165, 1.54) is 12.1 Å². The Balaban J connectivity index is 2.17. The molecule has 122 valence electrons. The first-order chi connectivity index (χ1) is 11.0. The van der Waals surface area contributed by atoms with Gasteiger partial charge in [-0.3, -0.25) is 4.79 Å². The lowest BCUT2D eigenvalue weighted by molar-refractivity contribution is 0.102. The number of ether oxygens (including phenoxy) is 1. The highest BCUT2D eigenvalue weighted by Crippen LogP contribution is 2.34. The second-order valence-electron chi connectivity index (χ2n) is 4.91. The highest BCUT2D eigenvalue weighted by Gasteiger charge is 2.15. The van der Waals surface area contributed by atoms with Gasteiger partial charge in [0, 0.05) is 5.56 Å². The minimum Gasteiger partial charge on any atom is -0.490 e. The van der Waals surface area contributed by atoms with Gasteiger partial charge in [-0.1, -0.05) is 60.3 Å². The largest absolute Gasteiger partial charge is 0.490 e. The molecule has 2 aromatic rings. The molecule has 0 bridgehead atoms. The topological polar surface area (TPSA) is 38.3 Å². The number of halogens is 3. The predicted molar refractivity (Wildman–Crippen MR) is 96.3 cm³/mol. The predicted octanol–water partition coefficient (Wildman–Crippen LogP) is 6.08. The van der Waals surface area contributed by atoms with Crippen molar-refractivity contribution in [3.63, 3.8) is 0 Å². The summed E-state index contributed by atoms with van der Waals surface area (Å²) in [6, 6.07) is 10.0. The summed E-state index contributed by atoms with van der Waals surface area (Å²) in [5.41, 5.74) is 0.859. The summed E-state index contributed by atoms with van der Waals surface area (Å²) in [6.07, 6.45) is 1.91. The van der Waals surface area contributed by atoms with Crippen LogP contribution in [-0.4, -0.2) is 12.5 Å². The van der Waals surface area contributed by atoms with Gasteiger partial charge in [0.2, 0.25) is 0 Å². The average molecular weight is 373 g/mol. The van der Waals surface area contributed by atoms with Gasteiger partial charge in [-0.15, -0.1) is 0 Å². The quantitative estimate of drug-likeness (QED) is 0.624. The molecule has 1 amide bonds. The van der Waals surface area contributed by atoms with Crippen molar-refractivity contribution < 1.29 is 9.53 Å². The van der Waals surface area contributed by atoms with E-state index in [2.05, 4.69) is 12.2 Å². The highest BCUT2D eigenvalue weighted by molar-refractivity contribution is 6.38. The molecule has 0 aromatic heterocycles. The molecule has 0 saturated carbocycles. The van der Waals surface area contributed by atoms with E-state index in [9.17, 15) is 4.79 Å². The van der Waals surface area contributed by atoms with Crippen molar-refractivity contribution in [3.05, 3.63) is 57.0 Å². The number of para-hydroxylation sites is 1. The third-order valence-electron chi connectivity index (χ3n) is 3.13. The molecule has 23 heavy (non-hydrogen) atoms. The molecule has 0 heterocycles. The molecule has 0 unspecified atom stereocenters. The SMILES string of the molecule is CCCCOc1c(Cl)cc(C(=O)Nc2ccccc2Cl)cc1Cl. The van der Waals surface area contributed by atoms with Crippen molar-refractivity contribution in [2.75, 3.05) is 11.9 Å². The average Bonchev–Trinajstić information content (AvgIpc) is 2.52. The van der Waals surface area contributed by atoms with Crippen molar-refractivity contribution in [1.82, 2.24) is 0 Å². The monoisotopic (exact) mass is 371 g/mol. The number of carbonyl (C=O) groups is 1. The Morgan fingerprint density at radius 3 is 2.35 bits per heavy atom. The van der Waals surface area contributed by atoms with Crippen LogP contribution >= 0.6 is 34.8 Å². The van der Waals surface area contributed by atoms with E-state index in [0.717, 1.165) is 12.8 Å². The van der Waals surface area contributed by atoms with Gasteiger partial charge < -0.3 is 10.1 Å². The van der Waals surface area contributed by atoms with Crippen LogP contribution in [0.3, 0.4) is 0 Å². The Bertz CT molecular complexity index is 681. The zero-order valence-corrected chi connectivity index (χ0v) is 14.8. The van der Waals surface area contributed by atoms with Gasteiger partial charge in [-0.25, -0.2) is 0 Å². The maximum absolute atomic E-state index is 12.3. The maximum Gasteiger partial charge on any atom is 0.255 e. The standard InChI is InChI=1S/C17H16Cl3NO2/c1-2-3-8-23-16-13(19)9-11(10-14(16)20)17(22)21-15-7-5-4-6-12(15)18/h4-7,9-10H,2-3,8H2,1H3,(H,21,22). The summed E-state index contributed by atoms with van der Waals surface area (Å²) in [4.78, 5) is 12.3. The van der Waals surface area contributed by atoms with Crippen molar-refractivity contribution in [1.29, 1.82) is 0 Å². The number of amides is 1. The van der Waals surface area contributed by atoms with Crippen LogP contribution in [-0.2, 0) is 0 Å². The van der Waals surface area contributed by atoms with E-state index in [0.29, 0.717) is 38.7 Å². The lowest BCUT2D eigenvalue weighted by atomic mass is 10.2. The minimum atomic E-state index is -0.345. The molecule has 6 heteroatoms. The fraction of sp³-hybridized carbons (Fsp3) is 0.235. The van der Waals surface area contributed by atoms with E-state index in [1.54, 1.807) is 24.3 Å². The molecular weight excluding hydrogens is 357 g/mol. The second-order valence-corrected chi connectivity index (χ2v) is 6.13. The highest BCUT2D eigenvalue weighted by atomic mass is 35.5. The van der Waals surface area contributed by atoms with Crippen LogP contribution in [0.5, 0.6) is 5.75 Å². The molecule has 0 aliphatic carbocycles. The summed E-state index contributed by atoms with van der Waals surface area (Å²) in [5, 5.41) is 3.79. The Kier molecular flexibility index (Phi) is 6.58. The number of carbonyl (C=O) groups excluding carboxylic acids is 1. The van der Waals surface area contributed by atoms with Crippen LogP contribution in [0.2, 0.25) is 15.1 Å². The van der Waals surface area contributed by atoms with Crippen LogP contribution in [0.15, 0.2) is 36.4 Å². The summed E-state index contributed by atoms with van der Waals surface area (Å²) < 4.78 is 5.56. The van der Waals surface area contributed by atoms with E-state index in [1.807, 2.05) is 0 Å². The summed E-state index contributed by atoms with van der Waals surface area (Å²) in [7, 11) is 0. The number of hydrogen-bond donors (Lipinski definition) is 1. The Morgan fingerprint density at radius 2 is 1.74 bits per heavy atom. The van der Waals surface area contributed by atoms with Gasteiger partial charge in [0.15, 0.2) is 5.75 Å². The summed E-state index contributed by atoms with van der Waals surface area (Å²) in [6.45, 7) is 2.59. The number of unbranched alkanes of at least 4 members (excludes halogenated alkanes) is 1. The van der Waals surface area contributed by atoms with E-state index >= 15 is 0 Å². The molecule has 0 aliphatic rings. The van der Waals surface area contributed by atoms with Crippen LogP contribution in [0, 0.1) is 0 Å². The molecule has 0 saturated heterocycles. The molecule has 0 aliphatic heterocycles. The summed E-state index contributed by atoms with van der Waals surface area (Å²) >= 11 is 18.4. The Labute approximate surface area is 150 Å². The number of benzene rings is 2. The zero-order chi connectivity index (χ0) is 16.8. The molecule has 0 atom stereocenters. The van der Waals surface area contributed by atoms with Gasteiger partial charge >= 0.3 is 0 Å². The normalized spacial score (nSPS) is 10.4. The molecule has 0 fully saturated rings. The van der Waals surface area contributed by atoms with Gasteiger partial charge in [0.25, 0.3) is 5.91 Å². The third-order valence-corrected chi connectivity index (χ3v) is 4.02. The first-order valence-corrected chi connectivity index (χ1v) is 8.34. The number of hydrogen-bond acceptors (Lipinski definition) is 2. The molecule has 2 rings (SSSR count). The Hall–Kier alpha value is -1.42. The molecule has 1 N–H and O–H groups in total. The second kappa shape index (κ2) is 8.44. The van der Waals surface area contributed by atoms with Crippen molar-refractivity contribution in [2.45, 2.75) is 19.8 Å². The Morgan fingerprint density at radius 1 is 1.09 bits per heavy atom.